The van der Waals surface area contributed by atoms with Crippen LogP contribution in [0.15, 0.2) is 47.3 Å². The average molecular weight is 536 g/mol. The van der Waals surface area contributed by atoms with Crippen molar-refractivity contribution in [3.8, 4) is 0 Å². The normalized spacial score (nSPS) is 21.0. The van der Waals surface area contributed by atoms with Gasteiger partial charge in [0, 0.05) is 6.54 Å². The molecule has 37 heavy (non-hydrogen) atoms. The van der Waals surface area contributed by atoms with Gasteiger partial charge in [-0.25, -0.2) is 14.3 Å². The highest BCUT2D eigenvalue weighted by molar-refractivity contribution is 5.34. The number of nitrogens with one attached hydrogen (secondary N) is 2. The first-order chi connectivity index (χ1) is 18.1. The van der Waals surface area contributed by atoms with Crippen LogP contribution in [0.1, 0.15) is 47.1 Å². The van der Waals surface area contributed by atoms with Gasteiger partial charge in [-0.1, -0.05) is 12.1 Å². The molecule has 0 amide bonds. The van der Waals surface area contributed by atoms with Crippen molar-refractivity contribution in [1.82, 2.24) is 20.1 Å². The Morgan fingerprint density at radius 3 is 2.30 bits per heavy atom. The van der Waals surface area contributed by atoms with Crippen LogP contribution in [0.5, 0.6) is 0 Å². The fraction of sp³-hybridized carbons (Fsp3) is 0.391. The van der Waals surface area contributed by atoms with Crippen molar-refractivity contribution in [2.45, 2.75) is 44.3 Å². The molecule has 1 fully saturated rings. The molecular formula is C23H21F7N4O3. The second-order valence-electron chi connectivity index (χ2n) is 8.33. The van der Waals surface area contributed by atoms with Crippen LogP contribution in [0.2, 0.25) is 2.82 Å². The van der Waals surface area contributed by atoms with E-state index in [4.69, 9.17) is 12.3 Å². The van der Waals surface area contributed by atoms with E-state index in [1.807, 2.05) is 0 Å². The molecule has 0 spiro atoms. The maximum absolute atomic E-state index is 13.6. The minimum Gasteiger partial charge on any atom is -0.349 e. The number of rotatable bonds is 6. The van der Waals surface area contributed by atoms with E-state index in [0.717, 1.165) is 12.1 Å². The lowest BCUT2D eigenvalue weighted by molar-refractivity contribution is -0.231. The number of nitrogens with zero attached hydrogens (tertiary/aromatic N) is 2. The molecule has 2 heterocycles. The van der Waals surface area contributed by atoms with E-state index in [9.17, 15) is 35.5 Å². The summed E-state index contributed by atoms with van der Waals surface area (Å²) in [6.45, 7) is 1.27. The van der Waals surface area contributed by atoms with Crippen molar-refractivity contribution in [2.75, 3.05) is 13.2 Å². The summed E-state index contributed by atoms with van der Waals surface area (Å²) in [6.07, 6.45) is -12.7. The van der Waals surface area contributed by atoms with Gasteiger partial charge in [0.05, 0.1) is 36.4 Å². The SMILES string of the molecule is [2H]n1nc(CN2CCO[C@H](O[C@H](C)c3cc(C(F)(F)F)cc(C(F)(F)F)c3)[C@@H]2c2ccc(F)cc2)n([2H])c1=O. The van der Waals surface area contributed by atoms with Crippen molar-refractivity contribution in [1.29, 1.82) is 0 Å². The zero-order valence-corrected chi connectivity index (χ0v) is 19.1. The monoisotopic (exact) mass is 536 g/mol. The van der Waals surface area contributed by atoms with E-state index in [2.05, 4.69) is 5.10 Å². The Labute approximate surface area is 208 Å². The Bertz CT molecular complexity index is 1340. The van der Waals surface area contributed by atoms with Crippen LogP contribution in [-0.2, 0) is 28.4 Å². The lowest BCUT2D eigenvalue weighted by Crippen LogP contribution is -2.46. The molecule has 0 bridgehead atoms. The van der Waals surface area contributed by atoms with Crippen molar-refractivity contribution >= 4 is 0 Å². The fourth-order valence-electron chi connectivity index (χ4n) is 4.01. The number of hydrogen-bond acceptors (Lipinski definition) is 5. The van der Waals surface area contributed by atoms with Crippen molar-refractivity contribution in [3.05, 3.63) is 86.8 Å². The Balaban J connectivity index is 1.69. The van der Waals surface area contributed by atoms with Crippen LogP contribution in [-0.4, -0.2) is 39.5 Å². The van der Waals surface area contributed by atoms with Crippen molar-refractivity contribution in [2.24, 2.45) is 0 Å². The molecule has 0 aliphatic carbocycles. The second kappa shape index (κ2) is 10.3. The topological polar surface area (TPSA) is 83.2 Å². The van der Waals surface area contributed by atoms with Gasteiger partial charge in [-0.2, -0.15) is 31.4 Å². The fourth-order valence-corrected chi connectivity index (χ4v) is 4.01. The molecule has 2 N–H and O–H groups in total. The molecule has 1 aromatic heterocycles. The summed E-state index contributed by atoms with van der Waals surface area (Å²) in [4.78, 5) is 13.8. The minimum absolute atomic E-state index is 0.00467. The third-order valence-electron chi connectivity index (χ3n) is 5.76. The number of aromatic nitrogens is 3. The van der Waals surface area contributed by atoms with Crippen molar-refractivity contribution in [3.63, 3.8) is 0 Å². The van der Waals surface area contributed by atoms with Crippen LogP contribution in [0.25, 0.3) is 0 Å². The Morgan fingerprint density at radius 2 is 1.76 bits per heavy atom. The van der Waals surface area contributed by atoms with Gasteiger partial charge in [-0.05, 0) is 48.4 Å². The first kappa shape index (κ1) is 24.1. The molecule has 0 unspecified atom stereocenters. The lowest BCUT2D eigenvalue weighted by Gasteiger charge is -2.41. The molecular weight excluding hydrogens is 513 g/mol. The number of benzene rings is 2. The highest BCUT2D eigenvalue weighted by Gasteiger charge is 2.39. The molecule has 1 aliphatic heterocycles. The van der Waals surface area contributed by atoms with E-state index in [1.54, 1.807) is 4.90 Å². The van der Waals surface area contributed by atoms with E-state index < -0.39 is 59.0 Å². The van der Waals surface area contributed by atoms with Gasteiger partial charge in [0.15, 0.2) is 9.11 Å². The number of morpholine rings is 1. The Kier molecular flexibility index (Phi) is 6.69. The van der Waals surface area contributed by atoms with Crippen LogP contribution in [0.4, 0.5) is 30.7 Å². The van der Waals surface area contributed by atoms with Gasteiger partial charge in [0.1, 0.15) is 11.6 Å². The predicted molar refractivity (Wildman–Crippen MR) is 114 cm³/mol. The van der Waals surface area contributed by atoms with E-state index in [1.165, 1.54) is 19.1 Å². The predicted octanol–water partition coefficient (Wildman–Crippen LogP) is 4.95. The molecule has 4 rings (SSSR count). The van der Waals surface area contributed by atoms with E-state index in [0.29, 0.717) is 22.7 Å². The average Bonchev–Trinajstić information content (AvgIpc) is 3.10. The number of ether oxygens (including phenoxy) is 2. The highest BCUT2D eigenvalue weighted by Crippen LogP contribution is 2.39. The van der Waals surface area contributed by atoms with Gasteiger partial charge in [0.25, 0.3) is 0 Å². The molecule has 2 aromatic carbocycles. The standard InChI is InChI=1S/C23H21F7N4O3/c1-12(14-8-15(22(25,26)27)10-16(9-14)23(28,29)30)37-20-19(13-2-4-17(24)5-3-13)34(6-7-36-20)11-18-31-21(35)33-32-18/h2-5,8-10,12,19-20H,6-7,11H2,1H3,(H2,31,32,33,35)/t12-,19+,20-/m1/s1/i/hD2. The third kappa shape index (κ3) is 6.37. The van der Waals surface area contributed by atoms with Gasteiger partial charge >= 0.3 is 18.0 Å². The van der Waals surface area contributed by atoms with Crippen LogP contribution in [0.3, 0.4) is 0 Å². The van der Waals surface area contributed by atoms with Crippen LogP contribution in [0, 0.1) is 5.82 Å². The van der Waals surface area contributed by atoms with E-state index >= 15 is 0 Å². The van der Waals surface area contributed by atoms with Gasteiger partial charge in [-0.3, -0.25) is 9.88 Å². The first-order valence-corrected chi connectivity index (χ1v) is 10.9. The van der Waals surface area contributed by atoms with Gasteiger partial charge < -0.3 is 9.47 Å². The number of hydrogen-bond donors (Lipinski definition) is 2. The summed E-state index contributed by atoms with van der Waals surface area (Å²) in [5.41, 5.74) is -4.00. The molecule has 14 heteroatoms. The molecule has 1 saturated heterocycles. The molecule has 0 radical (unpaired) electrons. The second-order valence-corrected chi connectivity index (χ2v) is 8.33. The molecule has 3 atom stereocenters. The Hall–Kier alpha value is -3.23. The molecule has 7 nitrogen and oxygen atoms in total. The molecule has 1 aliphatic rings. The summed E-state index contributed by atoms with van der Waals surface area (Å²) < 4.78 is 121. The summed E-state index contributed by atoms with van der Waals surface area (Å²) in [5, 5.41) is 3.91. The zero-order chi connectivity index (χ0) is 28.7. The third-order valence-corrected chi connectivity index (χ3v) is 5.76. The Morgan fingerprint density at radius 1 is 1.14 bits per heavy atom. The van der Waals surface area contributed by atoms with Crippen LogP contribution < -0.4 is 5.69 Å². The van der Waals surface area contributed by atoms with E-state index in [-0.39, 0.29) is 36.7 Å². The number of halogens is 7. The molecule has 200 valence electrons. The number of aromatic amines is 2. The van der Waals surface area contributed by atoms with Crippen molar-refractivity contribution < 1.29 is 43.0 Å². The highest BCUT2D eigenvalue weighted by atomic mass is 19.4. The summed E-state index contributed by atoms with van der Waals surface area (Å²) >= 11 is 0. The summed E-state index contributed by atoms with van der Waals surface area (Å²) in [6, 6.07) is 5.31. The molecule has 3 aromatic rings. The maximum Gasteiger partial charge on any atom is 0.416 e. The lowest BCUT2D eigenvalue weighted by atomic mass is 10.0. The number of H-pyrrole nitrogens is 2. The van der Waals surface area contributed by atoms with Gasteiger partial charge in [-0.15, -0.1) is 0 Å². The molecule has 0 saturated carbocycles. The summed E-state index contributed by atoms with van der Waals surface area (Å²) in [7, 11) is 0. The largest absolute Gasteiger partial charge is 0.416 e. The maximum atomic E-state index is 13.6. The zero-order valence-electron chi connectivity index (χ0n) is 21.1. The minimum atomic E-state index is -5.04. The smallest absolute Gasteiger partial charge is 0.349 e. The summed E-state index contributed by atoms with van der Waals surface area (Å²) in [5.74, 6) is -0.687. The van der Waals surface area contributed by atoms with Crippen LogP contribution >= 0.6 is 0 Å². The first-order valence-electron chi connectivity index (χ1n) is 11.8. The van der Waals surface area contributed by atoms with Gasteiger partial charge in [0.2, 0.25) is 0 Å². The quantitative estimate of drug-likeness (QED) is 0.436. The number of alkyl halides is 6.